The number of nitrogens with zero attached hydrogens (tertiary/aromatic N) is 2. The van der Waals surface area contributed by atoms with Crippen molar-refractivity contribution in [3.63, 3.8) is 0 Å². The fourth-order valence-corrected chi connectivity index (χ4v) is 4.63. The van der Waals surface area contributed by atoms with Crippen molar-refractivity contribution in [2.45, 2.75) is 13.3 Å². The summed E-state index contributed by atoms with van der Waals surface area (Å²) in [5.41, 5.74) is -0.428. The molecule has 9 nitrogen and oxygen atoms in total. The average Bonchev–Trinajstić information content (AvgIpc) is 3.24. The van der Waals surface area contributed by atoms with E-state index in [1.807, 2.05) is 4.72 Å². The Balaban J connectivity index is 1.76. The largest absolute Gasteiger partial charge is 0.477 e. The molecule has 0 radical (unpaired) electrons. The van der Waals surface area contributed by atoms with E-state index in [2.05, 4.69) is 15.0 Å². The molecule has 0 saturated carbocycles. The minimum absolute atomic E-state index is 0.0872. The molecule has 0 amide bonds. The number of hydrogen-bond donors (Lipinski definition) is 3. The lowest BCUT2D eigenvalue weighted by molar-refractivity contribution is 0.0690. The first-order valence-corrected chi connectivity index (χ1v) is 12.0. The van der Waals surface area contributed by atoms with Crippen LogP contribution in [0.4, 0.5) is 14.5 Å². The van der Waals surface area contributed by atoms with Gasteiger partial charge in [0, 0.05) is 40.7 Å². The second-order valence-corrected chi connectivity index (χ2v) is 9.44. The highest BCUT2D eigenvalue weighted by molar-refractivity contribution is 7.92. The second-order valence-electron chi connectivity index (χ2n) is 7.59. The maximum Gasteiger partial charge on any atom is 0.354 e. The number of hydrogen-bond acceptors (Lipinski definition) is 6. The first kappa shape index (κ1) is 24.0. The number of fused-ring (bicyclic) bond motifs is 1. The van der Waals surface area contributed by atoms with E-state index in [-0.39, 0.29) is 34.5 Å². The number of rotatable bonds is 8. The smallest absolute Gasteiger partial charge is 0.354 e. The van der Waals surface area contributed by atoms with Gasteiger partial charge in [0.1, 0.15) is 17.2 Å². The molecule has 3 aromatic heterocycles. The Morgan fingerprint density at radius 1 is 1.09 bits per heavy atom. The van der Waals surface area contributed by atoms with Crippen molar-refractivity contribution in [3.8, 4) is 11.1 Å². The molecule has 0 bridgehead atoms. The molecule has 1 aromatic carbocycles. The molecule has 4 rings (SSSR count). The quantitative estimate of drug-likeness (QED) is 0.311. The molecular weight excluding hydrogens is 482 g/mol. The van der Waals surface area contributed by atoms with Gasteiger partial charge in [-0.2, -0.15) is 0 Å². The number of halogens is 2. The van der Waals surface area contributed by atoms with Gasteiger partial charge in [-0.3, -0.25) is 9.52 Å². The standard InChI is InChI=1S/C23H18F2N4O5S/c1-2-7-35(33,34)29-17-6-4-16(24)19(20(17)25)21(30)15-11-28-22-14(15)8-13(10-27-22)12-3-5-18(23(31)32)26-9-12/h3-6,8-11,29H,2,7H2,1H3,(H,27,28)(H,31,32). The number of carbonyl (C=O) groups is 2. The van der Waals surface area contributed by atoms with Gasteiger partial charge in [-0.15, -0.1) is 0 Å². The van der Waals surface area contributed by atoms with Crippen LogP contribution in [0.1, 0.15) is 39.8 Å². The molecule has 0 aliphatic heterocycles. The van der Waals surface area contributed by atoms with E-state index in [4.69, 9.17) is 5.11 Å². The summed E-state index contributed by atoms with van der Waals surface area (Å²) in [6, 6.07) is 6.10. The minimum Gasteiger partial charge on any atom is -0.477 e. The van der Waals surface area contributed by atoms with Crippen LogP contribution in [0, 0.1) is 11.6 Å². The van der Waals surface area contributed by atoms with Crippen LogP contribution in [0.5, 0.6) is 0 Å². The zero-order valence-electron chi connectivity index (χ0n) is 18.2. The van der Waals surface area contributed by atoms with Crippen molar-refractivity contribution < 1.29 is 31.9 Å². The molecule has 0 saturated heterocycles. The Labute approximate surface area is 197 Å². The van der Waals surface area contributed by atoms with Crippen LogP contribution in [-0.4, -0.2) is 46.0 Å². The highest BCUT2D eigenvalue weighted by atomic mass is 32.2. The van der Waals surface area contributed by atoms with Crippen LogP contribution in [0.25, 0.3) is 22.2 Å². The fourth-order valence-electron chi connectivity index (χ4n) is 3.50. The molecule has 0 spiro atoms. The molecule has 3 N–H and O–H groups in total. The van der Waals surface area contributed by atoms with Crippen LogP contribution in [0.2, 0.25) is 0 Å². The number of benzene rings is 1. The van der Waals surface area contributed by atoms with Gasteiger partial charge in [0.25, 0.3) is 0 Å². The Kier molecular flexibility index (Phi) is 6.31. The van der Waals surface area contributed by atoms with Gasteiger partial charge in [-0.05, 0) is 30.7 Å². The summed E-state index contributed by atoms with van der Waals surface area (Å²) in [4.78, 5) is 35.0. The summed E-state index contributed by atoms with van der Waals surface area (Å²) < 4.78 is 55.8. The Hall–Kier alpha value is -4.19. The number of anilines is 1. The third kappa shape index (κ3) is 4.73. The highest BCUT2D eigenvalue weighted by Crippen LogP contribution is 2.29. The van der Waals surface area contributed by atoms with E-state index >= 15 is 4.39 Å². The average molecular weight is 500 g/mol. The van der Waals surface area contributed by atoms with Gasteiger partial charge in [0.05, 0.1) is 17.0 Å². The van der Waals surface area contributed by atoms with Gasteiger partial charge < -0.3 is 10.1 Å². The summed E-state index contributed by atoms with van der Waals surface area (Å²) in [7, 11) is -3.88. The van der Waals surface area contributed by atoms with Crippen LogP contribution >= 0.6 is 0 Å². The number of ketones is 1. The lowest BCUT2D eigenvalue weighted by Crippen LogP contribution is -2.18. The number of carboxylic acids is 1. The van der Waals surface area contributed by atoms with Crippen molar-refractivity contribution in [1.29, 1.82) is 0 Å². The normalized spacial score (nSPS) is 11.5. The molecule has 4 aromatic rings. The first-order chi connectivity index (χ1) is 16.6. The summed E-state index contributed by atoms with van der Waals surface area (Å²) in [5, 5.41) is 9.26. The molecule has 12 heteroatoms. The zero-order chi connectivity index (χ0) is 25.3. The number of sulfonamides is 1. The van der Waals surface area contributed by atoms with Crippen molar-refractivity contribution in [3.05, 3.63) is 77.4 Å². The maximum atomic E-state index is 15.1. The van der Waals surface area contributed by atoms with Gasteiger partial charge in [0.2, 0.25) is 15.8 Å². The molecular formula is C23H18F2N4O5S. The number of pyridine rings is 2. The second kappa shape index (κ2) is 9.22. The maximum absolute atomic E-state index is 15.1. The highest BCUT2D eigenvalue weighted by Gasteiger charge is 2.26. The van der Waals surface area contributed by atoms with Crippen LogP contribution in [-0.2, 0) is 10.0 Å². The zero-order valence-corrected chi connectivity index (χ0v) is 19.0. The van der Waals surface area contributed by atoms with Gasteiger partial charge in [-0.1, -0.05) is 13.0 Å². The van der Waals surface area contributed by atoms with E-state index in [9.17, 15) is 22.4 Å². The fraction of sp³-hybridized carbons (Fsp3) is 0.130. The number of aromatic amines is 1. The summed E-state index contributed by atoms with van der Waals surface area (Å²) >= 11 is 0. The summed E-state index contributed by atoms with van der Waals surface area (Å²) in [6.07, 6.45) is 4.33. The molecule has 0 aliphatic carbocycles. The van der Waals surface area contributed by atoms with E-state index in [1.54, 1.807) is 13.0 Å². The molecule has 0 aliphatic rings. The molecule has 0 atom stereocenters. The third-order valence-electron chi connectivity index (χ3n) is 5.15. The van der Waals surface area contributed by atoms with Crippen LogP contribution in [0.15, 0.2) is 48.9 Å². The molecule has 0 unspecified atom stereocenters. The van der Waals surface area contributed by atoms with E-state index in [0.29, 0.717) is 11.1 Å². The first-order valence-electron chi connectivity index (χ1n) is 10.3. The SMILES string of the molecule is CCCS(=O)(=O)Nc1ccc(F)c(C(=O)c2c[nH]c3ncc(-c4ccc(C(=O)O)nc4)cc23)c1F. The van der Waals surface area contributed by atoms with Crippen LogP contribution < -0.4 is 4.72 Å². The predicted octanol–water partition coefficient (Wildman–Crippen LogP) is 3.98. The molecule has 180 valence electrons. The van der Waals surface area contributed by atoms with Gasteiger partial charge in [0.15, 0.2) is 5.82 Å². The predicted molar refractivity (Wildman–Crippen MR) is 124 cm³/mol. The number of H-pyrrole nitrogens is 1. The number of carbonyl (C=O) groups excluding carboxylic acids is 1. The lowest BCUT2D eigenvalue weighted by atomic mass is 10.00. The Morgan fingerprint density at radius 2 is 1.83 bits per heavy atom. The molecule has 0 fully saturated rings. The third-order valence-corrected chi connectivity index (χ3v) is 6.62. The van der Waals surface area contributed by atoms with E-state index in [0.717, 1.165) is 12.1 Å². The van der Waals surface area contributed by atoms with Gasteiger partial charge >= 0.3 is 5.97 Å². The monoisotopic (exact) mass is 500 g/mol. The number of aromatic carboxylic acids is 1. The number of carboxylic acid groups (broad SMARTS) is 1. The van der Waals surface area contributed by atoms with E-state index in [1.165, 1.54) is 30.7 Å². The Morgan fingerprint density at radius 3 is 2.49 bits per heavy atom. The van der Waals surface area contributed by atoms with Crippen molar-refractivity contribution in [1.82, 2.24) is 15.0 Å². The van der Waals surface area contributed by atoms with Gasteiger partial charge in [-0.25, -0.2) is 32.0 Å². The minimum atomic E-state index is -3.88. The summed E-state index contributed by atoms with van der Waals surface area (Å²) in [5.74, 6) is -4.96. The molecule has 35 heavy (non-hydrogen) atoms. The lowest BCUT2D eigenvalue weighted by Gasteiger charge is -2.11. The topological polar surface area (TPSA) is 142 Å². The number of nitrogens with one attached hydrogen (secondary N) is 2. The molecule has 3 heterocycles. The summed E-state index contributed by atoms with van der Waals surface area (Å²) in [6.45, 7) is 1.63. The van der Waals surface area contributed by atoms with Crippen LogP contribution in [0.3, 0.4) is 0 Å². The van der Waals surface area contributed by atoms with Crippen molar-refractivity contribution >= 4 is 38.5 Å². The van der Waals surface area contributed by atoms with Crippen molar-refractivity contribution in [2.24, 2.45) is 0 Å². The van der Waals surface area contributed by atoms with Crippen molar-refractivity contribution in [2.75, 3.05) is 10.5 Å². The Bertz CT molecular complexity index is 1570. The number of aromatic nitrogens is 3. The van der Waals surface area contributed by atoms with E-state index < -0.39 is 44.7 Å².